The van der Waals surface area contributed by atoms with Crippen molar-refractivity contribution in [1.82, 2.24) is 4.72 Å². The number of rotatable bonds is 12. The van der Waals surface area contributed by atoms with Gasteiger partial charge >= 0.3 is 11.9 Å². The van der Waals surface area contributed by atoms with E-state index in [1.54, 1.807) is 0 Å². The number of carbonyl (C=O) groups is 2. The molecule has 0 aromatic heterocycles. The number of hydrogen-bond donors (Lipinski definition) is 3. The van der Waals surface area contributed by atoms with Gasteiger partial charge in [-0.2, -0.15) is 0 Å². The lowest BCUT2D eigenvalue weighted by Gasteiger charge is -2.21. The summed E-state index contributed by atoms with van der Waals surface area (Å²) < 4.78 is 50.0. The van der Waals surface area contributed by atoms with Gasteiger partial charge in [0, 0.05) is 6.08 Å². The van der Waals surface area contributed by atoms with E-state index in [2.05, 4.69) is 4.72 Å². The minimum Gasteiger partial charge on any atom is -0.493 e. The van der Waals surface area contributed by atoms with Crippen molar-refractivity contribution in [2.45, 2.75) is 17.4 Å². The van der Waals surface area contributed by atoms with Gasteiger partial charge in [-0.1, -0.05) is 6.07 Å². The maximum atomic E-state index is 13.4. The molecule has 0 heterocycles. The Bertz CT molecular complexity index is 1190. The zero-order valence-corrected chi connectivity index (χ0v) is 19.7. The molecule has 0 aliphatic rings. The maximum Gasteiger partial charge on any atom is 0.328 e. The molecule has 184 valence electrons. The van der Waals surface area contributed by atoms with E-state index in [4.69, 9.17) is 24.1 Å². The van der Waals surface area contributed by atoms with Crippen LogP contribution in [0.3, 0.4) is 0 Å². The average molecular weight is 496 g/mol. The van der Waals surface area contributed by atoms with Crippen molar-refractivity contribution in [1.29, 1.82) is 0 Å². The Kier molecular flexibility index (Phi) is 8.87. The molecule has 12 heteroatoms. The van der Waals surface area contributed by atoms with Gasteiger partial charge in [0.05, 0.1) is 40.9 Å². The molecule has 2 aromatic carbocycles. The maximum absolute atomic E-state index is 13.4. The molecule has 3 N–H and O–H groups in total. The molecule has 2 aromatic rings. The topological polar surface area (TPSA) is 158 Å². The number of aliphatic carboxylic acids is 2. The molecular weight excluding hydrogens is 470 g/mol. The second kappa shape index (κ2) is 11.4. The number of ether oxygens (including phenoxy) is 4. The van der Waals surface area contributed by atoms with Gasteiger partial charge in [-0.25, -0.2) is 17.9 Å². The van der Waals surface area contributed by atoms with Crippen molar-refractivity contribution in [2.24, 2.45) is 0 Å². The molecule has 0 fully saturated rings. The van der Waals surface area contributed by atoms with Crippen LogP contribution in [-0.2, 0) is 19.6 Å². The van der Waals surface area contributed by atoms with E-state index in [9.17, 15) is 23.1 Å². The SMILES string of the molecule is COc1ccc([C@H](CC(=O)O)NS(=O)(=O)c2cc(/C=C/C(=O)O)cc(OC)c2OC)cc1OC. The van der Waals surface area contributed by atoms with Gasteiger partial charge in [0.1, 0.15) is 4.90 Å². The summed E-state index contributed by atoms with van der Waals surface area (Å²) in [5.74, 6) is -1.90. The van der Waals surface area contributed by atoms with Crippen molar-refractivity contribution >= 4 is 28.0 Å². The summed E-state index contributed by atoms with van der Waals surface area (Å²) in [5.41, 5.74) is 0.526. The van der Waals surface area contributed by atoms with E-state index in [-0.39, 0.29) is 27.7 Å². The summed E-state index contributed by atoms with van der Waals surface area (Å²) in [7, 11) is 0.966. The molecule has 0 saturated carbocycles. The minimum atomic E-state index is -4.40. The molecule has 1 atom stereocenters. The Morgan fingerprint density at radius 1 is 0.941 bits per heavy atom. The van der Waals surface area contributed by atoms with Crippen molar-refractivity contribution in [3.63, 3.8) is 0 Å². The molecule has 11 nitrogen and oxygen atoms in total. The minimum absolute atomic E-state index is 0.0383. The lowest BCUT2D eigenvalue weighted by molar-refractivity contribution is -0.137. The molecule has 2 rings (SSSR count). The van der Waals surface area contributed by atoms with Crippen molar-refractivity contribution < 1.29 is 47.2 Å². The van der Waals surface area contributed by atoms with Crippen LogP contribution >= 0.6 is 0 Å². The highest BCUT2D eigenvalue weighted by atomic mass is 32.2. The van der Waals surface area contributed by atoms with Crippen molar-refractivity contribution in [2.75, 3.05) is 28.4 Å². The van der Waals surface area contributed by atoms with E-state index in [0.717, 1.165) is 6.08 Å². The molecule has 0 aliphatic heterocycles. The molecule has 34 heavy (non-hydrogen) atoms. The van der Waals surface area contributed by atoms with Crippen LogP contribution in [0.5, 0.6) is 23.0 Å². The Morgan fingerprint density at radius 3 is 2.12 bits per heavy atom. The first-order chi connectivity index (χ1) is 16.1. The summed E-state index contributed by atoms with van der Waals surface area (Å²) in [4.78, 5) is 22.0. The highest BCUT2D eigenvalue weighted by Gasteiger charge is 2.29. The van der Waals surface area contributed by atoms with Crippen LogP contribution in [0.1, 0.15) is 23.6 Å². The van der Waals surface area contributed by atoms with Gasteiger partial charge in [-0.05, 0) is 41.5 Å². The fourth-order valence-electron chi connectivity index (χ4n) is 3.14. The fourth-order valence-corrected chi connectivity index (χ4v) is 4.58. The summed E-state index contributed by atoms with van der Waals surface area (Å²) in [5, 5.41) is 18.3. The van der Waals surface area contributed by atoms with E-state index >= 15 is 0 Å². The summed E-state index contributed by atoms with van der Waals surface area (Å²) in [6, 6.07) is 5.92. The first-order valence-corrected chi connectivity index (χ1v) is 11.2. The Morgan fingerprint density at radius 2 is 1.59 bits per heavy atom. The number of benzene rings is 2. The van der Waals surface area contributed by atoms with Gasteiger partial charge in [-0.3, -0.25) is 4.79 Å². The summed E-state index contributed by atoms with van der Waals surface area (Å²) >= 11 is 0. The Balaban J connectivity index is 2.61. The zero-order valence-electron chi connectivity index (χ0n) is 18.9. The molecular formula is C22H25NO10S. The van der Waals surface area contributed by atoms with Gasteiger partial charge in [0.25, 0.3) is 0 Å². The van der Waals surface area contributed by atoms with Gasteiger partial charge in [-0.15, -0.1) is 0 Å². The smallest absolute Gasteiger partial charge is 0.328 e. The van der Waals surface area contributed by atoms with Crippen LogP contribution in [0.2, 0.25) is 0 Å². The van der Waals surface area contributed by atoms with Crippen LogP contribution in [0, 0.1) is 0 Å². The number of carboxylic acids is 2. The predicted octanol–water partition coefficient (Wildman–Crippen LogP) is 2.31. The third kappa shape index (κ3) is 6.39. The lowest BCUT2D eigenvalue weighted by Crippen LogP contribution is -2.30. The van der Waals surface area contributed by atoms with Gasteiger partial charge < -0.3 is 29.2 Å². The average Bonchev–Trinajstić information content (AvgIpc) is 2.80. The Hall–Kier alpha value is -3.77. The standard InChI is InChI=1S/C22H25NO10S/c1-30-16-7-6-14(11-17(16)31-2)15(12-21(26)27)23-34(28,29)19-10-13(5-8-20(24)25)9-18(32-3)22(19)33-4/h5-11,15,23H,12H2,1-4H3,(H,24,25)(H,26,27)/b8-5+/t15-/m0/s1. The molecule has 0 saturated heterocycles. The first-order valence-electron chi connectivity index (χ1n) is 9.69. The lowest BCUT2D eigenvalue weighted by atomic mass is 10.0. The van der Waals surface area contributed by atoms with Crippen LogP contribution in [0.4, 0.5) is 0 Å². The predicted molar refractivity (Wildman–Crippen MR) is 121 cm³/mol. The van der Waals surface area contributed by atoms with E-state index in [1.165, 1.54) is 64.8 Å². The second-order valence-corrected chi connectivity index (χ2v) is 8.49. The van der Waals surface area contributed by atoms with Gasteiger partial charge in [0.2, 0.25) is 10.0 Å². The molecule has 0 unspecified atom stereocenters. The number of sulfonamides is 1. The van der Waals surface area contributed by atoms with E-state index in [1.807, 2.05) is 0 Å². The fraction of sp³-hybridized carbons (Fsp3) is 0.273. The van der Waals surface area contributed by atoms with Crippen LogP contribution in [0.15, 0.2) is 41.3 Å². The number of methoxy groups -OCH3 is 4. The van der Waals surface area contributed by atoms with Crippen LogP contribution < -0.4 is 23.7 Å². The van der Waals surface area contributed by atoms with E-state index < -0.39 is 34.4 Å². The monoisotopic (exact) mass is 495 g/mol. The highest BCUT2D eigenvalue weighted by Crippen LogP contribution is 2.37. The molecule has 0 aliphatic carbocycles. The normalized spacial score (nSPS) is 12.2. The number of nitrogens with one attached hydrogen (secondary N) is 1. The number of hydrogen-bond acceptors (Lipinski definition) is 8. The largest absolute Gasteiger partial charge is 0.493 e. The number of carboxylic acid groups (broad SMARTS) is 2. The van der Waals surface area contributed by atoms with Crippen molar-refractivity contribution in [3.05, 3.63) is 47.5 Å². The van der Waals surface area contributed by atoms with Crippen LogP contribution in [0.25, 0.3) is 6.08 Å². The molecule has 0 radical (unpaired) electrons. The quantitative estimate of drug-likeness (QED) is 0.373. The first kappa shape index (κ1) is 26.5. The zero-order chi connectivity index (χ0) is 25.5. The molecule has 0 spiro atoms. The highest BCUT2D eigenvalue weighted by molar-refractivity contribution is 7.89. The van der Waals surface area contributed by atoms with E-state index in [0.29, 0.717) is 11.3 Å². The third-order valence-electron chi connectivity index (χ3n) is 4.66. The van der Waals surface area contributed by atoms with Gasteiger partial charge in [0.15, 0.2) is 23.0 Å². The van der Waals surface area contributed by atoms with Crippen molar-refractivity contribution in [3.8, 4) is 23.0 Å². The molecule has 0 bridgehead atoms. The molecule has 0 amide bonds. The Labute approximate surface area is 196 Å². The summed E-state index contributed by atoms with van der Waals surface area (Å²) in [6.07, 6.45) is 1.45. The van der Waals surface area contributed by atoms with Crippen LogP contribution in [-0.4, -0.2) is 59.0 Å². The third-order valence-corrected chi connectivity index (χ3v) is 6.14. The summed E-state index contributed by atoms with van der Waals surface area (Å²) in [6.45, 7) is 0. The second-order valence-electron chi connectivity index (χ2n) is 6.81.